The summed E-state index contributed by atoms with van der Waals surface area (Å²) in [5.41, 5.74) is -0.132. The molecule has 0 spiro atoms. The highest BCUT2D eigenvalue weighted by Crippen LogP contribution is 2.21. The molecule has 0 amide bonds. The molecule has 0 aromatic heterocycles. The molecule has 7 nitrogen and oxygen atoms in total. The molecule has 1 N–H and O–H groups in total. The summed E-state index contributed by atoms with van der Waals surface area (Å²) in [4.78, 5) is 23.4. The molecule has 2 rings (SSSR count). The van der Waals surface area contributed by atoms with E-state index in [2.05, 4.69) is 9.46 Å². The number of halogens is 1. The van der Waals surface area contributed by atoms with Crippen LogP contribution in [0.1, 0.15) is 17.3 Å². The molecule has 0 aliphatic carbocycles. The molecule has 0 unspecified atom stereocenters. The van der Waals surface area contributed by atoms with Crippen molar-refractivity contribution in [3.8, 4) is 0 Å². The Hall–Kier alpha value is -2.94. The highest BCUT2D eigenvalue weighted by molar-refractivity contribution is 7.92. The monoisotopic (exact) mass is 381 g/mol. The van der Waals surface area contributed by atoms with Crippen molar-refractivity contribution in [2.24, 2.45) is 0 Å². The third-order valence-electron chi connectivity index (χ3n) is 3.33. The third kappa shape index (κ3) is 4.57. The molecule has 0 fully saturated rings. The Balaban J connectivity index is 2.27. The zero-order valence-electron chi connectivity index (χ0n) is 13.9. The van der Waals surface area contributed by atoms with Crippen LogP contribution in [0.4, 0.5) is 10.1 Å². The average molecular weight is 381 g/mol. The first-order valence-corrected chi connectivity index (χ1v) is 8.89. The third-order valence-corrected chi connectivity index (χ3v) is 4.71. The van der Waals surface area contributed by atoms with Crippen LogP contribution in [-0.2, 0) is 24.3 Å². The summed E-state index contributed by atoms with van der Waals surface area (Å²) in [6, 6.07) is 9.93. The fourth-order valence-corrected chi connectivity index (χ4v) is 3.09. The minimum absolute atomic E-state index is 0.0427. The van der Waals surface area contributed by atoms with Crippen molar-refractivity contribution in [3.05, 3.63) is 59.9 Å². The number of rotatable bonds is 6. The number of ether oxygens (including phenoxy) is 2. The number of carbonyl (C=O) groups is 2. The van der Waals surface area contributed by atoms with E-state index in [-0.39, 0.29) is 16.1 Å². The molecule has 0 bridgehead atoms. The molecule has 0 saturated heterocycles. The van der Waals surface area contributed by atoms with Crippen LogP contribution in [0.5, 0.6) is 0 Å². The van der Waals surface area contributed by atoms with E-state index in [1.54, 1.807) is 0 Å². The number of anilines is 1. The van der Waals surface area contributed by atoms with Gasteiger partial charge in [-0.1, -0.05) is 12.1 Å². The van der Waals surface area contributed by atoms with Crippen LogP contribution in [0.15, 0.2) is 53.4 Å². The predicted molar refractivity (Wildman–Crippen MR) is 90.5 cm³/mol. The maximum Gasteiger partial charge on any atom is 0.346 e. The number of hydrogen-bond acceptors (Lipinski definition) is 6. The average Bonchev–Trinajstić information content (AvgIpc) is 2.61. The van der Waals surface area contributed by atoms with Gasteiger partial charge in [0.05, 0.1) is 23.3 Å². The summed E-state index contributed by atoms with van der Waals surface area (Å²) < 4.78 is 49.5. The smallest absolute Gasteiger partial charge is 0.346 e. The fourth-order valence-electron chi connectivity index (χ4n) is 2.01. The molecule has 2 aromatic carbocycles. The lowest BCUT2D eigenvalue weighted by atomic mass is 10.2. The summed E-state index contributed by atoms with van der Waals surface area (Å²) in [5, 5.41) is 0. The minimum atomic E-state index is -4.05. The molecule has 138 valence electrons. The summed E-state index contributed by atoms with van der Waals surface area (Å²) in [6.45, 7) is 1.33. The van der Waals surface area contributed by atoms with Crippen molar-refractivity contribution in [1.29, 1.82) is 0 Å². The molecular formula is C17H16FNO6S. The first-order chi connectivity index (χ1) is 12.2. The number of carbonyl (C=O) groups excluding carboxylic acids is 2. The SMILES string of the molecule is COC(=O)[C@@H](C)OC(=O)c1ccccc1NS(=O)(=O)c1ccc(F)cc1. The van der Waals surface area contributed by atoms with Crippen molar-refractivity contribution in [3.63, 3.8) is 0 Å². The molecule has 0 radical (unpaired) electrons. The Labute approximate surface area is 149 Å². The number of nitrogens with one attached hydrogen (secondary N) is 1. The predicted octanol–water partition coefficient (Wildman–Crippen LogP) is 2.34. The Bertz CT molecular complexity index is 911. The van der Waals surface area contributed by atoms with Gasteiger partial charge in [0.15, 0.2) is 6.10 Å². The Morgan fingerprint density at radius 2 is 1.69 bits per heavy atom. The van der Waals surface area contributed by atoms with Crippen LogP contribution in [0.3, 0.4) is 0 Å². The molecule has 26 heavy (non-hydrogen) atoms. The highest BCUT2D eigenvalue weighted by atomic mass is 32.2. The standard InChI is InChI=1S/C17H16FNO6S/c1-11(16(20)24-2)25-17(21)14-5-3-4-6-15(14)19-26(22,23)13-9-7-12(18)8-10-13/h3-11,19H,1-2H3/t11-/m1/s1. The van der Waals surface area contributed by atoms with Gasteiger partial charge in [0.1, 0.15) is 5.82 Å². The number of sulfonamides is 1. The number of para-hydroxylation sites is 1. The van der Waals surface area contributed by atoms with Crippen molar-refractivity contribution in [2.45, 2.75) is 17.9 Å². The van der Waals surface area contributed by atoms with E-state index in [0.717, 1.165) is 31.4 Å². The topological polar surface area (TPSA) is 98.8 Å². The maximum atomic E-state index is 13.0. The normalized spacial score (nSPS) is 12.1. The Morgan fingerprint density at radius 1 is 1.08 bits per heavy atom. The van der Waals surface area contributed by atoms with Crippen LogP contribution in [0.2, 0.25) is 0 Å². The van der Waals surface area contributed by atoms with Crippen molar-refractivity contribution >= 4 is 27.6 Å². The molecule has 1 atom stereocenters. The largest absolute Gasteiger partial charge is 0.466 e. The Kier molecular flexibility index (Phi) is 5.93. The zero-order valence-corrected chi connectivity index (χ0v) is 14.7. The Morgan fingerprint density at radius 3 is 2.31 bits per heavy atom. The van der Waals surface area contributed by atoms with Gasteiger partial charge in [-0.05, 0) is 43.3 Å². The van der Waals surface area contributed by atoms with Gasteiger partial charge in [-0.15, -0.1) is 0 Å². The van der Waals surface area contributed by atoms with Gasteiger partial charge in [-0.3, -0.25) is 4.72 Å². The number of methoxy groups -OCH3 is 1. The quantitative estimate of drug-likeness (QED) is 0.771. The molecular weight excluding hydrogens is 365 g/mol. The molecule has 0 aliphatic rings. The number of benzene rings is 2. The van der Waals surface area contributed by atoms with E-state index in [0.29, 0.717) is 0 Å². The first-order valence-electron chi connectivity index (χ1n) is 7.41. The van der Waals surface area contributed by atoms with Gasteiger partial charge in [-0.25, -0.2) is 22.4 Å². The van der Waals surface area contributed by atoms with Crippen molar-refractivity contribution in [1.82, 2.24) is 0 Å². The van der Waals surface area contributed by atoms with Crippen LogP contribution in [0.25, 0.3) is 0 Å². The summed E-state index contributed by atoms with van der Waals surface area (Å²) >= 11 is 0. The van der Waals surface area contributed by atoms with Crippen LogP contribution >= 0.6 is 0 Å². The molecule has 0 aliphatic heterocycles. The van der Waals surface area contributed by atoms with Gasteiger partial charge in [0.2, 0.25) is 0 Å². The first kappa shape index (κ1) is 19.4. The molecule has 9 heteroatoms. The van der Waals surface area contributed by atoms with Crippen LogP contribution < -0.4 is 4.72 Å². The molecule has 2 aromatic rings. The minimum Gasteiger partial charge on any atom is -0.466 e. The summed E-state index contributed by atoms with van der Waals surface area (Å²) in [7, 11) is -2.90. The van der Waals surface area contributed by atoms with E-state index in [9.17, 15) is 22.4 Å². The number of hydrogen-bond donors (Lipinski definition) is 1. The lowest BCUT2D eigenvalue weighted by Gasteiger charge is -2.14. The van der Waals surface area contributed by atoms with E-state index < -0.39 is 33.9 Å². The van der Waals surface area contributed by atoms with Gasteiger partial charge in [0.25, 0.3) is 10.0 Å². The van der Waals surface area contributed by atoms with Gasteiger partial charge < -0.3 is 9.47 Å². The van der Waals surface area contributed by atoms with Crippen LogP contribution in [0, 0.1) is 5.82 Å². The fraction of sp³-hybridized carbons (Fsp3) is 0.176. The van der Waals surface area contributed by atoms with Gasteiger partial charge in [-0.2, -0.15) is 0 Å². The second-order valence-electron chi connectivity index (χ2n) is 5.18. The lowest BCUT2D eigenvalue weighted by molar-refractivity contribution is -0.149. The second-order valence-corrected chi connectivity index (χ2v) is 6.86. The lowest BCUT2D eigenvalue weighted by Crippen LogP contribution is -2.26. The van der Waals surface area contributed by atoms with Crippen molar-refractivity contribution in [2.75, 3.05) is 11.8 Å². The van der Waals surface area contributed by atoms with E-state index >= 15 is 0 Å². The van der Waals surface area contributed by atoms with Crippen molar-refractivity contribution < 1.29 is 31.9 Å². The second kappa shape index (κ2) is 7.96. The molecule has 0 saturated carbocycles. The maximum absolute atomic E-state index is 13.0. The highest BCUT2D eigenvalue weighted by Gasteiger charge is 2.23. The van der Waals surface area contributed by atoms with Crippen LogP contribution in [-0.4, -0.2) is 33.6 Å². The van der Waals surface area contributed by atoms with Gasteiger partial charge in [0, 0.05) is 0 Å². The zero-order chi connectivity index (χ0) is 19.3. The molecule has 0 heterocycles. The number of esters is 2. The summed E-state index contributed by atoms with van der Waals surface area (Å²) in [6.07, 6.45) is -1.16. The van der Waals surface area contributed by atoms with E-state index in [4.69, 9.17) is 4.74 Å². The van der Waals surface area contributed by atoms with Gasteiger partial charge >= 0.3 is 11.9 Å². The summed E-state index contributed by atoms with van der Waals surface area (Å²) in [5.74, 6) is -2.23. The van der Waals surface area contributed by atoms with E-state index in [1.807, 2.05) is 0 Å². The van der Waals surface area contributed by atoms with E-state index in [1.165, 1.54) is 31.2 Å².